The van der Waals surface area contributed by atoms with E-state index in [1.54, 1.807) is 30.3 Å². The molecule has 1 amide bonds. The third-order valence-electron chi connectivity index (χ3n) is 5.53. The van der Waals surface area contributed by atoms with E-state index in [0.29, 0.717) is 30.5 Å². The molecule has 1 aliphatic heterocycles. The molecule has 3 aromatic heterocycles. The molecule has 1 N–H and O–H groups in total. The van der Waals surface area contributed by atoms with Gasteiger partial charge in [0.1, 0.15) is 17.6 Å². The van der Waals surface area contributed by atoms with Crippen LogP contribution in [0.2, 0.25) is 0 Å². The Morgan fingerprint density at radius 1 is 1.35 bits per heavy atom. The van der Waals surface area contributed by atoms with E-state index in [4.69, 9.17) is 4.74 Å². The van der Waals surface area contributed by atoms with Gasteiger partial charge in [-0.2, -0.15) is 4.98 Å². The van der Waals surface area contributed by atoms with Crippen LogP contribution in [0.5, 0.6) is 5.88 Å². The highest BCUT2D eigenvalue weighted by Gasteiger charge is 2.27. The second kappa shape index (κ2) is 8.29. The SMILES string of the molecule is C=CC(=O)N1CC[C@H](Oc2nc(Nc3cccn(C)c3=O)cc3c2ccn3C(C)C)C1. The molecule has 8 heteroatoms. The molecular weight excluding hydrogens is 394 g/mol. The van der Waals surface area contributed by atoms with Gasteiger partial charge in [-0.1, -0.05) is 6.58 Å². The zero-order valence-electron chi connectivity index (χ0n) is 18.0. The van der Waals surface area contributed by atoms with Gasteiger partial charge < -0.3 is 24.1 Å². The first kappa shape index (κ1) is 20.7. The van der Waals surface area contributed by atoms with Gasteiger partial charge in [0.05, 0.1) is 17.4 Å². The van der Waals surface area contributed by atoms with E-state index < -0.39 is 0 Å². The fourth-order valence-corrected chi connectivity index (χ4v) is 3.87. The van der Waals surface area contributed by atoms with Crippen LogP contribution in [-0.4, -0.2) is 44.1 Å². The summed E-state index contributed by atoms with van der Waals surface area (Å²) < 4.78 is 9.91. The molecule has 0 unspecified atom stereocenters. The smallest absolute Gasteiger partial charge is 0.274 e. The molecule has 1 atom stereocenters. The first-order valence-electron chi connectivity index (χ1n) is 10.4. The average molecular weight is 422 g/mol. The van der Waals surface area contributed by atoms with Gasteiger partial charge in [-0.05, 0) is 38.1 Å². The second-order valence-corrected chi connectivity index (χ2v) is 8.04. The van der Waals surface area contributed by atoms with Crippen molar-refractivity contribution in [2.24, 2.45) is 7.05 Å². The highest BCUT2D eigenvalue weighted by molar-refractivity contribution is 5.88. The minimum Gasteiger partial charge on any atom is -0.472 e. The number of aryl methyl sites for hydroxylation is 1. The summed E-state index contributed by atoms with van der Waals surface area (Å²) >= 11 is 0. The Bertz CT molecular complexity index is 1190. The van der Waals surface area contributed by atoms with E-state index in [9.17, 15) is 9.59 Å². The van der Waals surface area contributed by atoms with Crippen molar-refractivity contribution in [1.29, 1.82) is 0 Å². The van der Waals surface area contributed by atoms with Crippen LogP contribution in [0.15, 0.2) is 54.1 Å². The lowest BCUT2D eigenvalue weighted by Gasteiger charge is -2.17. The number of aromatic nitrogens is 3. The Labute approximate surface area is 180 Å². The number of nitrogens with zero attached hydrogens (tertiary/aromatic N) is 4. The summed E-state index contributed by atoms with van der Waals surface area (Å²) in [7, 11) is 1.71. The highest BCUT2D eigenvalue weighted by atomic mass is 16.5. The first-order valence-corrected chi connectivity index (χ1v) is 10.4. The van der Waals surface area contributed by atoms with Crippen molar-refractivity contribution < 1.29 is 9.53 Å². The first-order chi connectivity index (χ1) is 14.9. The summed E-state index contributed by atoms with van der Waals surface area (Å²) in [6.07, 6.45) is 5.62. The van der Waals surface area contributed by atoms with Gasteiger partial charge in [0.2, 0.25) is 11.8 Å². The van der Waals surface area contributed by atoms with Crippen molar-refractivity contribution >= 4 is 28.3 Å². The van der Waals surface area contributed by atoms with Gasteiger partial charge in [0, 0.05) is 44.5 Å². The summed E-state index contributed by atoms with van der Waals surface area (Å²) in [6, 6.07) is 7.70. The Kier molecular flexibility index (Phi) is 5.54. The zero-order valence-corrected chi connectivity index (χ0v) is 18.0. The summed E-state index contributed by atoms with van der Waals surface area (Å²) in [4.78, 5) is 30.8. The average Bonchev–Trinajstić information content (AvgIpc) is 3.38. The molecule has 162 valence electrons. The van der Waals surface area contributed by atoms with Gasteiger partial charge in [0.15, 0.2) is 0 Å². The van der Waals surface area contributed by atoms with Crippen LogP contribution in [0.25, 0.3) is 10.9 Å². The van der Waals surface area contributed by atoms with Crippen molar-refractivity contribution in [1.82, 2.24) is 19.0 Å². The number of anilines is 2. The van der Waals surface area contributed by atoms with Gasteiger partial charge in [-0.3, -0.25) is 9.59 Å². The molecule has 3 aromatic rings. The molecular formula is C23H27N5O3. The summed E-state index contributed by atoms with van der Waals surface area (Å²) in [6.45, 7) is 8.90. The number of hydrogen-bond donors (Lipinski definition) is 1. The van der Waals surface area contributed by atoms with E-state index >= 15 is 0 Å². The third kappa shape index (κ3) is 4.05. The molecule has 4 rings (SSSR count). The molecule has 0 radical (unpaired) electrons. The Morgan fingerprint density at radius 2 is 2.16 bits per heavy atom. The Balaban J connectivity index is 1.70. The lowest BCUT2D eigenvalue weighted by atomic mass is 10.2. The van der Waals surface area contributed by atoms with Crippen molar-refractivity contribution in [3.63, 3.8) is 0 Å². The number of hydrogen-bond acceptors (Lipinski definition) is 5. The molecule has 1 fully saturated rings. The maximum atomic E-state index is 12.4. The second-order valence-electron chi connectivity index (χ2n) is 8.04. The number of fused-ring (bicyclic) bond motifs is 1. The van der Waals surface area contributed by atoms with Crippen molar-refractivity contribution in [3.8, 4) is 5.88 Å². The van der Waals surface area contributed by atoms with Gasteiger partial charge >= 0.3 is 0 Å². The monoisotopic (exact) mass is 421 g/mol. The maximum Gasteiger partial charge on any atom is 0.274 e. The lowest BCUT2D eigenvalue weighted by molar-refractivity contribution is -0.125. The van der Waals surface area contributed by atoms with Crippen LogP contribution in [-0.2, 0) is 11.8 Å². The number of rotatable bonds is 6. The van der Waals surface area contributed by atoms with Crippen LogP contribution < -0.4 is 15.6 Å². The molecule has 1 aliphatic rings. The number of ether oxygens (including phenoxy) is 1. The predicted molar refractivity (Wildman–Crippen MR) is 121 cm³/mol. The van der Waals surface area contributed by atoms with E-state index in [0.717, 1.165) is 17.3 Å². The van der Waals surface area contributed by atoms with Crippen molar-refractivity contribution in [3.05, 3.63) is 59.7 Å². The van der Waals surface area contributed by atoms with Crippen LogP contribution in [0.1, 0.15) is 26.3 Å². The lowest BCUT2D eigenvalue weighted by Crippen LogP contribution is -2.29. The number of carbonyl (C=O) groups is 1. The standard InChI is InChI=1S/C23H27N5O3/c1-5-21(29)27-11-8-16(14-27)31-22-17-9-12-28(15(2)3)19(17)13-20(25-22)24-18-7-6-10-26(4)23(18)30/h5-7,9-10,12-13,15-16H,1,8,11,14H2,2-4H3,(H,24,25)/t16-/m0/s1. The van der Waals surface area contributed by atoms with Crippen LogP contribution >= 0.6 is 0 Å². The van der Waals surface area contributed by atoms with Gasteiger partial charge in [0.25, 0.3) is 5.56 Å². The van der Waals surface area contributed by atoms with Crippen LogP contribution in [0.3, 0.4) is 0 Å². The van der Waals surface area contributed by atoms with Crippen LogP contribution in [0, 0.1) is 0 Å². The third-order valence-corrected chi connectivity index (χ3v) is 5.53. The van der Waals surface area contributed by atoms with E-state index in [-0.39, 0.29) is 23.6 Å². The number of nitrogens with one attached hydrogen (secondary N) is 1. The minimum absolute atomic E-state index is 0.0921. The topological polar surface area (TPSA) is 81.4 Å². The van der Waals surface area contributed by atoms with Crippen molar-refractivity contribution in [2.75, 3.05) is 18.4 Å². The van der Waals surface area contributed by atoms with Gasteiger partial charge in [-0.25, -0.2) is 0 Å². The summed E-state index contributed by atoms with van der Waals surface area (Å²) in [5.74, 6) is 0.930. The molecule has 0 saturated carbocycles. The molecule has 1 saturated heterocycles. The minimum atomic E-state index is -0.151. The fourth-order valence-electron chi connectivity index (χ4n) is 3.87. The van der Waals surface area contributed by atoms with E-state index in [1.807, 2.05) is 18.3 Å². The van der Waals surface area contributed by atoms with E-state index in [1.165, 1.54) is 10.6 Å². The van der Waals surface area contributed by atoms with E-state index in [2.05, 4.69) is 35.3 Å². The molecule has 0 aromatic carbocycles. The Morgan fingerprint density at radius 3 is 2.90 bits per heavy atom. The molecule has 0 aliphatic carbocycles. The number of pyridine rings is 2. The normalized spacial score (nSPS) is 16.1. The number of likely N-dealkylation sites (tertiary alicyclic amines) is 1. The summed E-state index contributed by atoms with van der Waals surface area (Å²) in [5, 5.41) is 4.04. The molecule has 31 heavy (non-hydrogen) atoms. The number of carbonyl (C=O) groups excluding carboxylic acids is 1. The highest BCUT2D eigenvalue weighted by Crippen LogP contribution is 2.32. The molecule has 0 bridgehead atoms. The zero-order chi connectivity index (χ0) is 22.1. The predicted octanol–water partition coefficient (Wildman–Crippen LogP) is 3.23. The van der Waals surface area contributed by atoms with Gasteiger partial charge in [-0.15, -0.1) is 0 Å². The summed E-state index contributed by atoms with van der Waals surface area (Å²) in [5.41, 5.74) is 1.27. The largest absolute Gasteiger partial charge is 0.472 e. The Hall–Kier alpha value is -3.55. The molecule has 4 heterocycles. The maximum absolute atomic E-state index is 12.4. The fraction of sp³-hybridized carbons (Fsp3) is 0.348. The van der Waals surface area contributed by atoms with Crippen LogP contribution in [0.4, 0.5) is 11.5 Å². The van der Waals surface area contributed by atoms with Crippen molar-refractivity contribution in [2.45, 2.75) is 32.4 Å². The molecule has 0 spiro atoms. The quantitative estimate of drug-likeness (QED) is 0.618. The number of amides is 1. The molecule has 8 nitrogen and oxygen atoms in total.